The van der Waals surface area contributed by atoms with Crippen molar-refractivity contribution in [3.8, 4) is 5.75 Å². The first kappa shape index (κ1) is 16.5. The van der Waals surface area contributed by atoms with Crippen LogP contribution in [-0.4, -0.2) is 25.6 Å². The molecular formula is C13H18Br2N2O2. The molecule has 1 aromatic carbocycles. The third-order valence-electron chi connectivity index (χ3n) is 2.35. The van der Waals surface area contributed by atoms with E-state index in [1.807, 2.05) is 26.0 Å². The molecule has 0 aliphatic carbocycles. The van der Waals surface area contributed by atoms with Crippen molar-refractivity contribution in [2.75, 3.05) is 19.7 Å². The smallest absolute Gasteiger partial charge is 0.233 e. The number of carbonyl (C=O) groups excluding carboxylic acids is 1. The number of hydrogen-bond donors (Lipinski definition) is 2. The largest absolute Gasteiger partial charge is 0.492 e. The van der Waals surface area contributed by atoms with Gasteiger partial charge in [-0.1, -0.05) is 15.9 Å². The fourth-order valence-electron chi connectivity index (χ4n) is 1.62. The summed E-state index contributed by atoms with van der Waals surface area (Å²) in [6.45, 7) is 5.96. The summed E-state index contributed by atoms with van der Waals surface area (Å²) >= 11 is 6.93. The van der Waals surface area contributed by atoms with E-state index >= 15 is 0 Å². The highest BCUT2D eigenvalue weighted by Crippen LogP contribution is 2.32. The molecule has 0 bridgehead atoms. The van der Waals surface area contributed by atoms with Crippen molar-refractivity contribution in [3.05, 3.63) is 26.6 Å². The lowest BCUT2D eigenvalue weighted by Crippen LogP contribution is -2.33. The summed E-state index contributed by atoms with van der Waals surface area (Å²) < 4.78 is 7.49. The summed E-state index contributed by atoms with van der Waals surface area (Å²) in [6.07, 6.45) is 0. The summed E-state index contributed by atoms with van der Waals surface area (Å²) in [6, 6.07) is 3.93. The van der Waals surface area contributed by atoms with Crippen molar-refractivity contribution in [1.29, 1.82) is 0 Å². The molecule has 106 valence electrons. The van der Waals surface area contributed by atoms with Gasteiger partial charge in [0.05, 0.1) is 17.6 Å². The van der Waals surface area contributed by atoms with Crippen LogP contribution in [0.25, 0.3) is 0 Å². The topological polar surface area (TPSA) is 50.4 Å². The number of ether oxygens (including phenoxy) is 1. The van der Waals surface area contributed by atoms with E-state index in [9.17, 15) is 4.79 Å². The molecule has 1 rings (SSSR count). The Balaban J connectivity index is 2.68. The molecule has 0 aliphatic heterocycles. The van der Waals surface area contributed by atoms with Crippen molar-refractivity contribution < 1.29 is 9.53 Å². The maximum atomic E-state index is 11.4. The maximum Gasteiger partial charge on any atom is 0.233 e. The second-order valence-corrected chi connectivity index (χ2v) is 5.64. The van der Waals surface area contributed by atoms with Crippen LogP contribution in [0.15, 0.2) is 21.1 Å². The Kier molecular flexibility index (Phi) is 7.41. The number of likely N-dealkylation sites (N-methyl/N-ethyl adjacent to an activating group) is 1. The van der Waals surface area contributed by atoms with Crippen LogP contribution in [0.1, 0.15) is 19.4 Å². The van der Waals surface area contributed by atoms with E-state index in [1.54, 1.807) is 0 Å². The first-order valence-corrected chi connectivity index (χ1v) is 7.75. The molecule has 19 heavy (non-hydrogen) atoms. The molecule has 1 amide bonds. The summed E-state index contributed by atoms with van der Waals surface area (Å²) in [7, 11) is 0. The normalized spacial score (nSPS) is 10.3. The van der Waals surface area contributed by atoms with Gasteiger partial charge in [0, 0.05) is 23.1 Å². The van der Waals surface area contributed by atoms with Gasteiger partial charge in [-0.05, 0) is 41.9 Å². The molecule has 0 unspecified atom stereocenters. The van der Waals surface area contributed by atoms with Gasteiger partial charge in [-0.15, -0.1) is 0 Å². The predicted molar refractivity (Wildman–Crippen MR) is 83.4 cm³/mol. The van der Waals surface area contributed by atoms with Crippen LogP contribution in [0.4, 0.5) is 0 Å². The minimum absolute atomic E-state index is 0.00507. The van der Waals surface area contributed by atoms with Crippen LogP contribution < -0.4 is 15.4 Å². The van der Waals surface area contributed by atoms with Crippen LogP contribution in [0.3, 0.4) is 0 Å². The number of carbonyl (C=O) groups is 1. The van der Waals surface area contributed by atoms with Crippen LogP contribution >= 0.6 is 31.9 Å². The van der Waals surface area contributed by atoms with Crippen LogP contribution in [0.5, 0.6) is 5.75 Å². The zero-order valence-corrected chi connectivity index (χ0v) is 14.2. The van der Waals surface area contributed by atoms with Gasteiger partial charge < -0.3 is 15.4 Å². The molecule has 4 nitrogen and oxygen atoms in total. The lowest BCUT2D eigenvalue weighted by Gasteiger charge is -2.13. The average molecular weight is 394 g/mol. The molecule has 0 radical (unpaired) electrons. The first-order valence-electron chi connectivity index (χ1n) is 6.16. The zero-order chi connectivity index (χ0) is 14.3. The number of hydrogen-bond acceptors (Lipinski definition) is 3. The zero-order valence-electron chi connectivity index (χ0n) is 11.1. The third kappa shape index (κ3) is 5.50. The van der Waals surface area contributed by atoms with E-state index < -0.39 is 0 Å². The van der Waals surface area contributed by atoms with Gasteiger partial charge in [0.2, 0.25) is 5.91 Å². The van der Waals surface area contributed by atoms with Crippen LogP contribution in [0.2, 0.25) is 0 Å². The van der Waals surface area contributed by atoms with Crippen molar-refractivity contribution >= 4 is 37.8 Å². The van der Waals surface area contributed by atoms with E-state index in [0.29, 0.717) is 26.2 Å². The number of halogens is 2. The summed E-state index contributed by atoms with van der Waals surface area (Å²) in [4.78, 5) is 11.4. The van der Waals surface area contributed by atoms with E-state index in [2.05, 4.69) is 42.5 Å². The third-order valence-corrected chi connectivity index (χ3v) is 3.40. The Morgan fingerprint density at radius 1 is 1.32 bits per heavy atom. The monoisotopic (exact) mass is 392 g/mol. The predicted octanol–water partition coefficient (Wildman–Crippen LogP) is 2.84. The molecule has 0 saturated carbocycles. The Labute approximate surface area is 130 Å². The molecule has 6 heteroatoms. The number of nitrogens with one attached hydrogen (secondary N) is 2. The second-order valence-electron chi connectivity index (χ2n) is 3.87. The Morgan fingerprint density at radius 3 is 2.68 bits per heavy atom. The highest BCUT2D eigenvalue weighted by atomic mass is 79.9. The van der Waals surface area contributed by atoms with Crippen LogP contribution in [0, 0.1) is 0 Å². The molecule has 0 aromatic heterocycles. The minimum atomic E-state index is -0.00507. The Morgan fingerprint density at radius 2 is 2.05 bits per heavy atom. The van der Waals surface area contributed by atoms with E-state index in [1.165, 1.54) is 0 Å². The van der Waals surface area contributed by atoms with Crippen LogP contribution in [-0.2, 0) is 11.3 Å². The average Bonchev–Trinajstić information content (AvgIpc) is 2.33. The fourth-order valence-corrected chi connectivity index (χ4v) is 3.05. The molecule has 1 aromatic rings. The van der Waals surface area contributed by atoms with Gasteiger partial charge in [0.15, 0.2) is 0 Å². The van der Waals surface area contributed by atoms with Crippen molar-refractivity contribution in [2.45, 2.75) is 20.4 Å². The van der Waals surface area contributed by atoms with E-state index in [-0.39, 0.29) is 5.91 Å². The first-order chi connectivity index (χ1) is 9.08. The summed E-state index contributed by atoms with van der Waals surface area (Å²) in [5.74, 6) is 0.809. The number of rotatable bonds is 7. The van der Waals surface area contributed by atoms with Gasteiger partial charge in [0.1, 0.15) is 5.75 Å². The SMILES string of the molecule is CCNC(=O)CNCc1cc(Br)cc(Br)c1OCC. The highest BCUT2D eigenvalue weighted by Gasteiger charge is 2.10. The van der Waals surface area contributed by atoms with Crippen molar-refractivity contribution in [1.82, 2.24) is 10.6 Å². The van der Waals surface area contributed by atoms with E-state index in [0.717, 1.165) is 20.3 Å². The van der Waals surface area contributed by atoms with Gasteiger partial charge in [-0.3, -0.25) is 4.79 Å². The lowest BCUT2D eigenvalue weighted by molar-refractivity contribution is -0.120. The summed E-state index contributed by atoms with van der Waals surface area (Å²) in [5, 5.41) is 5.85. The van der Waals surface area contributed by atoms with Crippen molar-refractivity contribution in [2.24, 2.45) is 0 Å². The molecule has 0 saturated heterocycles. The maximum absolute atomic E-state index is 11.4. The van der Waals surface area contributed by atoms with Crippen molar-refractivity contribution in [3.63, 3.8) is 0 Å². The van der Waals surface area contributed by atoms with Gasteiger partial charge >= 0.3 is 0 Å². The lowest BCUT2D eigenvalue weighted by atomic mass is 10.2. The molecule has 0 fully saturated rings. The van der Waals surface area contributed by atoms with Gasteiger partial charge in [0.25, 0.3) is 0 Å². The Bertz CT molecular complexity index is 439. The summed E-state index contributed by atoms with van der Waals surface area (Å²) in [5.41, 5.74) is 1.01. The highest BCUT2D eigenvalue weighted by molar-refractivity contribution is 9.11. The van der Waals surface area contributed by atoms with Gasteiger partial charge in [-0.2, -0.15) is 0 Å². The quantitative estimate of drug-likeness (QED) is 0.748. The molecule has 0 atom stereocenters. The van der Waals surface area contributed by atoms with Gasteiger partial charge in [-0.25, -0.2) is 0 Å². The molecular weight excluding hydrogens is 376 g/mol. The number of benzene rings is 1. The standard InChI is InChI=1S/C13H18Br2N2O2/c1-3-17-12(18)8-16-7-9-5-10(14)6-11(15)13(9)19-4-2/h5-6,16H,3-4,7-8H2,1-2H3,(H,17,18). The second kappa shape index (κ2) is 8.55. The van der Waals surface area contributed by atoms with E-state index in [4.69, 9.17) is 4.74 Å². The molecule has 2 N–H and O–H groups in total. The molecule has 0 spiro atoms. The fraction of sp³-hybridized carbons (Fsp3) is 0.462. The number of amides is 1. The minimum Gasteiger partial charge on any atom is -0.492 e. The molecule has 0 aliphatic rings. The molecule has 0 heterocycles. The Hall–Kier alpha value is -0.590.